The van der Waals surface area contributed by atoms with E-state index in [1.54, 1.807) is 36.4 Å². The number of rotatable bonds is 5. The number of aromatic amines is 1. The molecule has 1 aromatic heterocycles. The van der Waals surface area contributed by atoms with E-state index in [9.17, 15) is 14.0 Å². The van der Waals surface area contributed by atoms with Crippen LogP contribution >= 0.6 is 0 Å². The first-order chi connectivity index (χ1) is 15.0. The number of hydrogen-bond donors (Lipinski definition) is 3. The Kier molecular flexibility index (Phi) is 5.97. The quantitative estimate of drug-likeness (QED) is 0.588. The maximum Gasteiger partial charge on any atom is 0.251 e. The molecule has 1 saturated heterocycles. The highest BCUT2D eigenvalue weighted by Crippen LogP contribution is 2.24. The van der Waals surface area contributed by atoms with Crippen molar-refractivity contribution in [2.45, 2.75) is 25.8 Å². The Labute approximate surface area is 179 Å². The lowest BCUT2D eigenvalue weighted by atomic mass is 10.0. The fraction of sp³-hybridized carbons (Fsp3) is 0.261. The maximum atomic E-state index is 13.2. The van der Waals surface area contributed by atoms with Crippen LogP contribution in [0.5, 0.6) is 0 Å². The van der Waals surface area contributed by atoms with E-state index in [1.807, 2.05) is 6.07 Å². The molecular weight excluding hydrogens is 397 g/mol. The Balaban J connectivity index is 1.40. The van der Waals surface area contributed by atoms with Gasteiger partial charge in [-0.3, -0.25) is 14.7 Å². The van der Waals surface area contributed by atoms with Crippen molar-refractivity contribution >= 4 is 23.3 Å². The summed E-state index contributed by atoms with van der Waals surface area (Å²) in [6.07, 6.45) is 1.80. The van der Waals surface area contributed by atoms with Gasteiger partial charge in [0.15, 0.2) is 5.82 Å². The fourth-order valence-corrected chi connectivity index (χ4v) is 3.76. The second kappa shape index (κ2) is 8.99. The molecule has 0 spiro atoms. The summed E-state index contributed by atoms with van der Waals surface area (Å²) in [5.41, 5.74) is 2.77. The molecule has 0 radical (unpaired) electrons. The van der Waals surface area contributed by atoms with Gasteiger partial charge in [0.25, 0.3) is 5.91 Å². The van der Waals surface area contributed by atoms with Crippen LogP contribution in [-0.2, 0) is 4.79 Å². The predicted molar refractivity (Wildman–Crippen MR) is 117 cm³/mol. The number of carbonyl (C=O) groups excluding carboxylic acids is 2. The van der Waals surface area contributed by atoms with E-state index in [0.29, 0.717) is 17.8 Å². The average Bonchev–Trinajstić information content (AvgIpc) is 3.24. The van der Waals surface area contributed by atoms with Crippen LogP contribution in [-0.4, -0.2) is 41.1 Å². The van der Waals surface area contributed by atoms with Gasteiger partial charge in [0.05, 0.1) is 5.69 Å². The van der Waals surface area contributed by atoms with Crippen LogP contribution in [0.4, 0.5) is 15.9 Å². The predicted octanol–water partition coefficient (Wildman–Crippen LogP) is 3.57. The minimum Gasteiger partial charge on any atom is -0.353 e. The number of anilines is 2. The molecule has 2 amide bonds. The summed E-state index contributed by atoms with van der Waals surface area (Å²) < 4.78 is 13.2. The fourth-order valence-electron chi connectivity index (χ4n) is 3.76. The van der Waals surface area contributed by atoms with Crippen LogP contribution in [0.2, 0.25) is 0 Å². The molecule has 1 fully saturated rings. The zero-order chi connectivity index (χ0) is 21.8. The summed E-state index contributed by atoms with van der Waals surface area (Å²) >= 11 is 0. The molecule has 1 atom stereocenters. The Morgan fingerprint density at radius 1 is 1.16 bits per heavy atom. The molecule has 0 saturated carbocycles. The minimum absolute atomic E-state index is 0.0170. The first-order valence-corrected chi connectivity index (χ1v) is 10.2. The smallest absolute Gasteiger partial charge is 0.251 e. The topological polar surface area (TPSA) is 90.1 Å². The molecule has 0 bridgehead atoms. The molecule has 160 valence electrons. The Morgan fingerprint density at radius 3 is 2.74 bits per heavy atom. The summed E-state index contributed by atoms with van der Waals surface area (Å²) in [6, 6.07) is 15.1. The normalized spacial score (nSPS) is 16.1. The van der Waals surface area contributed by atoms with Gasteiger partial charge in [-0.25, -0.2) is 4.39 Å². The monoisotopic (exact) mass is 421 g/mol. The van der Waals surface area contributed by atoms with Gasteiger partial charge >= 0.3 is 0 Å². The largest absolute Gasteiger partial charge is 0.353 e. The zero-order valence-electron chi connectivity index (χ0n) is 17.2. The highest BCUT2D eigenvalue weighted by atomic mass is 19.1. The van der Waals surface area contributed by atoms with Gasteiger partial charge in [0.1, 0.15) is 5.82 Å². The van der Waals surface area contributed by atoms with Gasteiger partial charge in [-0.05, 0) is 60.9 Å². The second-order valence-corrected chi connectivity index (χ2v) is 7.67. The van der Waals surface area contributed by atoms with Crippen LogP contribution in [0.1, 0.15) is 30.1 Å². The molecule has 2 aromatic carbocycles. The highest BCUT2D eigenvalue weighted by molar-refractivity contribution is 5.97. The molecule has 1 aliphatic heterocycles. The third-order valence-electron chi connectivity index (χ3n) is 5.25. The van der Waals surface area contributed by atoms with E-state index in [1.165, 1.54) is 19.1 Å². The number of aromatic nitrogens is 2. The Morgan fingerprint density at radius 2 is 1.97 bits per heavy atom. The number of nitrogens with zero attached hydrogens (tertiary/aromatic N) is 2. The number of halogens is 1. The van der Waals surface area contributed by atoms with E-state index >= 15 is 0 Å². The third kappa shape index (κ3) is 5.09. The first kappa shape index (κ1) is 20.6. The van der Waals surface area contributed by atoms with Crippen molar-refractivity contribution in [3.05, 3.63) is 66.0 Å². The number of piperidine rings is 1. The van der Waals surface area contributed by atoms with E-state index < -0.39 is 0 Å². The van der Waals surface area contributed by atoms with E-state index in [0.717, 1.165) is 36.5 Å². The van der Waals surface area contributed by atoms with Crippen LogP contribution in [0, 0.1) is 5.82 Å². The van der Waals surface area contributed by atoms with Crippen molar-refractivity contribution in [2.24, 2.45) is 0 Å². The van der Waals surface area contributed by atoms with Crippen LogP contribution in [0.3, 0.4) is 0 Å². The summed E-state index contributed by atoms with van der Waals surface area (Å²) in [5.74, 6) is 0.166. The molecule has 4 rings (SSSR count). The Hall–Kier alpha value is -3.68. The number of nitrogens with one attached hydrogen (secondary N) is 3. The van der Waals surface area contributed by atoms with Gasteiger partial charge in [-0.15, -0.1) is 0 Å². The first-order valence-electron chi connectivity index (χ1n) is 10.2. The number of hydrogen-bond acceptors (Lipinski definition) is 4. The molecule has 0 unspecified atom stereocenters. The minimum atomic E-state index is -0.277. The number of benzene rings is 2. The van der Waals surface area contributed by atoms with Crippen LogP contribution < -0.4 is 15.5 Å². The van der Waals surface area contributed by atoms with E-state index in [-0.39, 0.29) is 23.7 Å². The third-order valence-corrected chi connectivity index (χ3v) is 5.25. The van der Waals surface area contributed by atoms with Gasteiger partial charge < -0.3 is 15.5 Å². The Bertz CT molecular complexity index is 1080. The van der Waals surface area contributed by atoms with E-state index in [4.69, 9.17) is 0 Å². The molecule has 31 heavy (non-hydrogen) atoms. The van der Waals surface area contributed by atoms with Crippen molar-refractivity contribution in [1.82, 2.24) is 15.5 Å². The van der Waals surface area contributed by atoms with Gasteiger partial charge in [-0.1, -0.05) is 6.07 Å². The van der Waals surface area contributed by atoms with Crippen LogP contribution in [0.15, 0.2) is 54.6 Å². The van der Waals surface area contributed by atoms with Crippen molar-refractivity contribution in [2.75, 3.05) is 23.3 Å². The molecular formula is C23H24FN5O2. The lowest BCUT2D eigenvalue weighted by Gasteiger charge is -2.33. The van der Waals surface area contributed by atoms with Gasteiger partial charge in [0.2, 0.25) is 5.91 Å². The number of amides is 2. The van der Waals surface area contributed by atoms with Crippen molar-refractivity contribution in [3.63, 3.8) is 0 Å². The molecule has 8 heteroatoms. The van der Waals surface area contributed by atoms with Crippen molar-refractivity contribution in [1.29, 1.82) is 0 Å². The number of carbonyl (C=O) groups is 2. The highest BCUT2D eigenvalue weighted by Gasteiger charge is 2.24. The van der Waals surface area contributed by atoms with Crippen molar-refractivity contribution < 1.29 is 14.0 Å². The lowest BCUT2D eigenvalue weighted by molar-refractivity contribution is -0.114. The standard InChI is InChI=1S/C23H24FN5O2/c1-15(30)25-19-5-2-4-17(12-19)23(31)26-20-6-3-11-29(14-20)22-13-21(27-28-22)16-7-9-18(24)10-8-16/h2,4-5,7-10,12-13,20H,3,6,11,14H2,1H3,(H,25,30)(H,26,31)(H,27,28)/t20-/m1/s1. The maximum absolute atomic E-state index is 13.2. The molecule has 7 nitrogen and oxygen atoms in total. The summed E-state index contributed by atoms with van der Waals surface area (Å²) in [5, 5.41) is 13.2. The summed E-state index contributed by atoms with van der Waals surface area (Å²) in [7, 11) is 0. The van der Waals surface area contributed by atoms with Crippen molar-refractivity contribution in [3.8, 4) is 11.3 Å². The molecule has 2 heterocycles. The summed E-state index contributed by atoms with van der Waals surface area (Å²) in [4.78, 5) is 26.1. The molecule has 3 aromatic rings. The lowest BCUT2D eigenvalue weighted by Crippen LogP contribution is -2.48. The second-order valence-electron chi connectivity index (χ2n) is 7.67. The van der Waals surface area contributed by atoms with Gasteiger partial charge in [0, 0.05) is 43.4 Å². The average molecular weight is 421 g/mol. The summed E-state index contributed by atoms with van der Waals surface area (Å²) in [6.45, 7) is 2.92. The SMILES string of the molecule is CC(=O)Nc1cccc(C(=O)N[C@@H]2CCCN(c3cc(-c4ccc(F)cc4)[nH]n3)C2)c1. The number of H-pyrrole nitrogens is 1. The van der Waals surface area contributed by atoms with Gasteiger partial charge in [-0.2, -0.15) is 5.10 Å². The molecule has 0 aliphatic carbocycles. The van der Waals surface area contributed by atoms with E-state index in [2.05, 4.69) is 25.7 Å². The zero-order valence-corrected chi connectivity index (χ0v) is 17.2. The van der Waals surface area contributed by atoms with Crippen LogP contribution in [0.25, 0.3) is 11.3 Å². The molecule has 3 N–H and O–H groups in total. The molecule has 1 aliphatic rings.